The van der Waals surface area contributed by atoms with Gasteiger partial charge in [0, 0.05) is 11.1 Å². The van der Waals surface area contributed by atoms with E-state index in [1.807, 2.05) is 48.5 Å². The third kappa shape index (κ3) is 4.53. The Labute approximate surface area is 158 Å². The highest BCUT2D eigenvalue weighted by atomic mass is 16.5. The third-order valence-corrected chi connectivity index (χ3v) is 4.22. The number of rotatable bonds is 5. The first-order valence-corrected chi connectivity index (χ1v) is 8.72. The van der Waals surface area contributed by atoms with Crippen molar-refractivity contribution in [3.63, 3.8) is 0 Å². The minimum absolute atomic E-state index is 0.0522. The van der Waals surface area contributed by atoms with Crippen LogP contribution in [-0.2, 0) is 12.0 Å². The highest BCUT2D eigenvalue weighted by Gasteiger charge is 2.15. The van der Waals surface area contributed by atoms with Crippen LogP contribution < -0.4 is 10.1 Å². The highest BCUT2D eigenvalue weighted by molar-refractivity contribution is 5.94. The smallest absolute Gasteiger partial charge is 0.251 e. The Balaban J connectivity index is 1.61. The molecule has 6 nitrogen and oxygen atoms in total. The van der Waals surface area contributed by atoms with Gasteiger partial charge in [-0.3, -0.25) is 4.79 Å². The summed E-state index contributed by atoms with van der Waals surface area (Å²) in [6.45, 7) is 6.58. The Kier molecular flexibility index (Phi) is 5.26. The Morgan fingerprint density at radius 3 is 2.30 bits per heavy atom. The molecule has 1 heterocycles. The molecule has 0 aliphatic carbocycles. The number of benzene rings is 2. The van der Waals surface area contributed by atoms with Crippen LogP contribution in [0.15, 0.2) is 52.9 Å². The number of methoxy groups -OCH3 is 1. The normalized spacial score (nSPS) is 11.3. The minimum Gasteiger partial charge on any atom is -0.497 e. The van der Waals surface area contributed by atoms with Gasteiger partial charge in [0.2, 0.25) is 11.8 Å². The molecule has 1 amide bonds. The SMILES string of the molecule is COc1ccc(-c2nnc(CNC(=O)c3ccc(C(C)(C)C)cc3)o2)cc1. The number of carbonyl (C=O) groups excluding carboxylic acids is 1. The first-order chi connectivity index (χ1) is 12.9. The molecular weight excluding hydrogens is 342 g/mol. The molecule has 0 spiro atoms. The first kappa shape index (κ1) is 18.6. The summed E-state index contributed by atoms with van der Waals surface area (Å²) in [5.41, 5.74) is 2.62. The van der Waals surface area contributed by atoms with Gasteiger partial charge >= 0.3 is 0 Å². The van der Waals surface area contributed by atoms with Crippen LogP contribution >= 0.6 is 0 Å². The molecule has 0 aliphatic heterocycles. The second-order valence-electron chi connectivity index (χ2n) is 7.24. The molecule has 3 rings (SSSR count). The molecule has 0 atom stereocenters. The van der Waals surface area contributed by atoms with Crippen molar-refractivity contribution in [1.82, 2.24) is 15.5 Å². The van der Waals surface area contributed by atoms with Crippen LogP contribution in [0.3, 0.4) is 0 Å². The van der Waals surface area contributed by atoms with Gasteiger partial charge in [-0.25, -0.2) is 0 Å². The number of nitrogens with one attached hydrogen (secondary N) is 1. The van der Waals surface area contributed by atoms with Crippen molar-refractivity contribution >= 4 is 5.91 Å². The lowest BCUT2D eigenvalue weighted by Crippen LogP contribution is -2.23. The molecule has 1 N–H and O–H groups in total. The van der Waals surface area contributed by atoms with Crippen LogP contribution in [-0.4, -0.2) is 23.2 Å². The van der Waals surface area contributed by atoms with E-state index in [0.717, 1.165) is 11.3 Å². The van der Waals surface area contributed by atoms with Crippen molar-refractivity contribution in [3.05, 3.63) is 65.5 Å². The van der Waals surface area contributed by atoms with Gasteiger partial charge < -0.3 is 14.5 Å². The Hall–Kier alpha value is -3.15. The van der Waals surface area contributed by atoms with E-state index < -0.39 is 0 Å². The number of hydrogen-bond acceptors (Lipinski definition) is 5. The second kappa shape index (κ2) is 7.61. The van der Waals surface area contributed by atoms with Crippen LogP contribution in [0.1, 0.15) is 42.6 Å². The van der Waals surface area contributed by atoms with Gasteiger partial charge in [0.25, 0.3) is 5.91 Å². The molecule has 0 radical (unpaired) electrons. The summed E-state index contributed by atoms with van der Waals surface area (Å²) in [4.78, 5) is 12.3. The lowest BCUT2D eigenvalue weighted by Gasteiger charge is -2.18. The number of ether oxygens (including phenoxy) is 1. The number of hydrogen-bond donors (Lipinski definition) is 1. The van der Waals surface area contributed by atoms with Gasteiger partial charge in [0.05, 0.1) is 13.7 Å². The molecule has 0 saturated carbocycles. The monoisotopic (exact) mass is 365 g/mol. The van der Waals surface area contributed by atoms with E-state index in [0.29, 0.717) is 17.3 Å². The molecule has 0 fully saturated rings. The fraction of sp³-hybridized carbons (Fsp3) is 0.286. The quantitative estimate of drug-likeness (QED) is 0.740. The molecule has 6 heteroatoms. The van der Waals surface area contributed by atoms with E-state index >= 15 is 0 Å². The average molecular weight is 365 g/mol. The van der Waals surface area contributed by atoms with E-state index in [1.165, 1.54) is 5.56 Å². The number of amides is 1. The van der Waals surface area contributed by atoms with Gasteiger partial charge in [0.15, 0.2) is 0 Å². The largest absolute Gasteiger partial charge is 0.497 e. The molecule has 27 heavy (non-hydrogen) atoms. The maximum absolute atomic E-state index is 12.3. The van der Waals surface area contributed by atoms with E-state index in [-0.39, 0.29) is 17.9 Å². The number of nitrogens with zero attached hydrogens (tertiary/aromatic N) is 2. The number of aromatic nitrogens is 2. The molecule has 0 saturated heterocycles. The van der Waals surface area contributed by atoms with E-state index in [1.54, 1.807) is 7.11 Å². The van der Waals surface area contributed by atoms with Crippen molar-refractivity contribution in [2.45, 2.75) is 32.7 Å². The fourth-order valence-corrected chi connectivity index (χ4v) is 2.55. The molecule has 2 aromatic carbocycles. The zero-order chi connectivity index (χ0) is 19.4. The van der Waals surface area contributed by atoms with Crippen molar-refractivity contribution < 1.29 is 13.9 Å². The van der Waals surface area contributed by atoms with E-state index in [4.69, 9.17) is 9.15 Å². The summed E-state index contributed by atoms with van der Waals surface area (Å²) < 4.78 is 10.7. The van der Waals surface area contributed by atoms with Gasteiger partial charge in [-0.05, 0) is 47.4 Å². The summed E-state index contributed by atoms with van der Waals surface area (Å²) >= 11 is 0. The fourth-order valence-electron chi connectivity index (χ4n) is 2.55. The highest BCUT2D eigenvalue weighted by Crippen LogP contribution is 2.23. The first-order valence-electron chi connectivity index (χ1n) is 8.72. The zero-order valence-electron chi connectivity index (χ0n) is 15.9. The van der Waals surface area contributed by atoms with Crippen molar-refractivity contribution in [3.8, 4) is 17.2 Å². The predicted molar refractivity (Wildman–Crippen MR) is 103 cm³/mol. The molecule has 1 aromatic heterocycles. The van der Waals surface area contributed by atoms with E-state index in [9.17, 15) is 4.79 Å². The van der Waals surface area contributed by atoms with Crippen LogP contribution in [0.2, 0.25) is 0 Å². The zero-order valence-corrected chi connectivity index (χ0v) is 15.9. The maximum atomic E-state index is 12.3. The van der Waals surface area contributed by atoms with Crippen molar-refractivity contribution in [2.24, 2.45) is 0 Å². The summed E-state index contributed by atoms with van der Waals surface area (Å²) in [6.07, 6.45) is 0. The van der Waals surface area contributed by atoms with Crippen LogP contribution in [0.4, 0.5) is 0 Å². The Morgan fingerprint density at radius 1 is 1.04 bits per heavy atom. The lowest BCUT2D eigenvalue weighted by atomic mass is 9.87. The summed E-state index contributed by atoms with van der Waals surface area (Å²) in [6, 6.07) is 14.9. The third-order valence-electron chi connectivity index (χ3n) is 4.22. The standard InChI is InChI=1S/C21H23N3O3/c1-21(2,3)16-9-5-14(6-10-16)19(25)22-13-18-23-24-20(27-18)15-7-11-17(26-4)12-8-15/h5-12H,13H2,1-4H3,(H,22,25). The van der Waals surface area contributed by atoms with Gasteiger partial charge in [-0.2, -0.15) is 0 Å². The van der Waals surface area contributed by atoms with Crippen molar-refractivity contribution in [1.29, 1.82) is 0 Å². The molecule has 0 aliphatic rings. The molecule has 140 valence electrons. The predicted octanol–water partition coefficient (Wildman–Crippen LogP) is 3.97. The van der Waals surface area contributed by atoms with Crippen LogP contribution in [0.5, 0.6) is 5.75 Å². The Morgan fingerprint density at radius 2 is 1.70 bits per heavy atom. The van der Waals surface area contributed by atoms with E-state index in [2.05, 4.69) is 36.3 Å². The average Bonchev–Trinajstić information content (AvgIpc) is 3.14. The van der Waals surface area contributed by atoms with Gasteiger partial charge in [-0.1, -0.05) is 32.9 Å². The minimum atomic E-state index is -0.181. The topological polar surface area (TPSA) is 77.3 Å². The van der Waals surface area contributed by atoms with Crippen molar-refractivity contribution in [2.75, 3.05) is 7.11 Å². The van der Waals surface area contributed by atoms with Gasteiger partial charge in [0.1, 0.15) is 5.75 Å². The van der Waals surface area contributed by atoms with Crippen LogP contribution in [0.25, 0.3) is 11.5 Å². The van der Waals surface area contributed by atoms with Gasteiger partial charge in [-0.15, -0.1) is 10.2 Å². The molecular formula is C21H23N3O3. The number of carbonyl (C=O) groups is 1. The lowest BCUT2D eigenvalue weighted by molar-refractivity contribution is 0.0947. The summed E-state index contributed by atoms with van der Waals surface area (Å²) in [5, 5.41) is 10.8. The summed E-state index contributed by atoms with van der Waals surface area (Å²) in [5.74, 6) is 1.32. The Bertz CT molecular complexity index is 907. The second-order valence-corrected chi connectivity index (χ2v) is 7.24. The molecule has 3 aromatic rings. The molecule has 0 unspecified atom stereocenters. The molecule has 0 bridgehead atoms. The van der Waals surface area contributed by atoms with Crippen LogP contribution in [0, 0.1) is 0 Å². The summed E-state index contributed by atoms with van der Waals surface area (Å²) in [7, 11) is 1.61. The maximum Gasteiger partial charge on any atom is 0.251 e.